The van der Waals surface area contributed by atoms with Gasteiger partial charge in [-0.1, -0.05) is 18.2 Å². The third-order valence-electron chi connectivity index (χ3n) is 5.46. The predicted octanol–water partition coefficient (Wildman–Crippen LogP) is 4.69. The summed E-state index contributed by atoms with van der Waals surface area (Å²) in [5, 5.41) is 0.810. The molecule has 0 saturated carbocycles. The molecule has 1 aliphatic heterocycles. The number of halogens is 1. The van der Waals surface area contributed by atoms with E-state index in [0.717, 1.165) is 21.6 Å². The average molecular weight is 418 g/mol. The Morgan fingerprint density at radius 2 is 2.13 bits per heavy atom. The van der Waals surface area contributed by atoms with Crippen LogP contribution in [0.3, 0.4) is 0 Å². The first-order chi connectivity index (χ1) is 14.7. The lowest BCUT2D eigenvalue weighted by molar-refractivity contribution is 0.0672. The third kappa shape index (κ3) is 2.57. The third-order valence-corrected chi connectivity index (χ3v) is 6.48. The van der Waals surface area contributed by atoms with Crippen LogP contribution in [-0.4, -0.2) is 32.3 Å². The first kappa shape index (κ1) is 17.3. The van der Waals surface area contributed by atoms with Gasteiger partial charge in [0.05, 0.1) is 27.6 Å². The summed E-state index contributed by atoms with van der Waals surface area (Å²) in [6, 6.07) is 13.5. The Labute approximate surface area is 174 Å². The lowest BCUT2D eigenvalue weighted by Gasteiger charge is -2.33. The number of carbonyl (C=O) groups excluding carboxylic acids is 1. The Bertz CT molecular complexity index is 1390. The molecular weight excluding hydrogens is 403 g/mol. The van der Waals surface area contributed by atoms with Crippen molar-refractivity contribution in [3.8, 4) is 0 Å². The van der Waals surface area contributed by atoms with Crippen molar-refractivity contribution in [3.63, 3.8) is 0 Å². The molecule has 1 amide bonds. The number of hydrogen-bond acceptors (Lipinski definition) is 5. The van der Waals surface area contributed by atoms with E-state index in [1.165, 1.54) is 17.4 Å². The van der Waals surface area contributed by atoms with Crippen LogP contribution in [-0.2, 0) is 6.42 Å². The smallest absolute Gasteiger partial charge is 0.283 e. The summed E-state index contributed by atoms with van der Waals surface area (Å²) in [6.07, 6.45) is 2.27. The normalized spacial score (nSPS) is 16.3. The number of benzene rings is 2. The summed E-state index contributed by atoms with van der Waals surface area (Å²) in [4.78, 5) is 27.3. The number of furan rings is 1. The van der Waals surface area contributed by atoms with Gasteiger partial charge in [0, 0.05) is 18.7 Å². The number of nitrogens with one attached hydrogen (secondary N) is 1. The highest BCUT2D eigenvalue weighted by Gasteiger charge is 2.37. The molecule has 0 fully saturated rings. The maximum Gasteiger partial charge on any atom is 0.283 e. The fourth-order valence-corrected chi connectivity index (χ4v) is 4.97. The number of aromatic amines is 1. The van der Waals surface area contributed by atoms with Crippen molar-refractivity contribution < 1.29 is 13.6 Å². The van der Waals surface area contributed by atoms with Gasteiger partial charge in [-0.05, 0) is 30.3 Å². The molecule has 5 aromatic rings. The molecule has 1 aliphatic rings. The number of aromatic nitrogens is 3. The highest BCUT2D eigenvalue weighted by molar-refractivity contribution is 7.20. The number of rotatable bonds is 2. The van der Waals surface area contributed by atoms with E-state index in [-0.39, 0.29) is 11.7 Å². The van der Waals surface area contributed by atoms with Gasteiger partial charge < -0.3 is 14.3 Å². The van der Waals surface area contributed by atoms with E-state index in [1.807, 2.05) is 24.3 Å². The van der Waals surface area contributed by atoms with E-state index in [0.29, 0.717) is 34.7 Å². The summed E-state index contributed by atoms with van der Waals surface area (Å²) in [6.45, 7) is 0.480. The number of H-pyrrole nitrogens is 1. The number of carbonyl (C=O) groups is 1. The first-order valence-electron chi connectivity index (χ1n) is 9.55. The molecule has 4 heterocycles. The first-order valence-corrected chi connectivity index (χ1v) is 10.4. The van der Waals surface area contributed by atoms with Crippen molar-refractivity contribution in [1.82, 2.24) is 19.9 Å². The number of fused-ring (bicyclic) bond motifs is 3. The molecule has 1 N–H and O–H groups in total. The molecule has 8 heteroatoms. The molecule has 3 aromatic heterocycles. The second kappa shape index (κ2) is 6.50. The lowest BCUT2D eigenvalue weighted by atomic mass is 10.00. The maximum absolute atomic E-state index is 14.3. The number of para-hydroxylation sites is 1. The van der Waals surface area contributed by atoms with Gasteiger partial charge in [-0.2, -0.15) is 0 Å². The quantitative estimate of drug-likeness (QED) is 0.451. The summed E-state index contributed by atoms with van der Waals surface area (Å²) in [5.41, 5.74) is 2.91. The standard InChI is InChI=1S/C22H15FN4O2S/c23-13-4-3-6-16-12(13)10-17(29-16)20-19-15(24-11-25-19)8-9-27(20)22(28)21-26-14-5-1-2-7-18(14)30-21/h1-7,10-11,20H,8-9H2,(H,24,25)/t20-/m0/s1. The highest BCUT2D eigenvalue weighted by atomic mass is 32.1. The van der Waals surface area contributed by atoms with Crippen LogP contribution in [0.2, 0.25) is 0 Å². The monoisotopic (exact) mass is 418 g/mol. The summed E-state index contributed by atoms with van der Waals surface area (Å²) < 4.78 is 21.2. The van der Waals surface area contributed by atoms with Crippen LogP contribution >= 0.6 is 11.3 Å². The number of nitrogens with zero attached hydrogens (tertiary/aromatic N) is 3. The molecule has 6 nitrogen and oxygen atoms in total. The summed E-state index contributed by atoms with van der Waals surface area (Å²) >= 11 is 1.37. The second-order valence-electron chi connectivity index (χ2n) is 7.20. The topological polar surface area (TPSA) is 75.0 Å². The van der Waals surface area contributed by atoms with Crippen molar-refractivity contribution in [2.75, 3.05) is 6.54 Å². The molecule has 0 unspecified atom stereocenters. The Hall–Kier alpha value is -3.52. The minimum absolute atomic E-state index is 0.184. The minimum Gasteiger partial charge on any atom is -0.458 e. The van der Waals surface area contributed by atoms with E-state index in [1.54, 1.807) is 29.4 Å². The maximum atomic E-state index is 14.3. The Balaban J connectivity index is 1.48. The van der Waals surface area contributed by atoms with Crippen LogP contribution in [0.15, 0.2) is 59.3 Å². The van der Waals surface area contributed by atoms with Gasteiger partial charge in [0.15, 0.2) is 5.01 Å². The van der Waals surface area contributed by atoms with E-state index < -0.39 is 6.04 Å². The lowest BCUT2D eigenvalue weighted by Crippen LogP contribution is -2.40. The van der Waals surface area contributed by atoms with Crippen LogP contribution in [0, 0.1) is 5.82 Å². The minimum atomic E-state index is -0.550. The van der Waals surface area contributed by atoms with Gasteiger partial charge in [-0.15, -0.1) is 11.3 Å². The molecule has 0 radical (unpaired) electrons. The van der Waals surface area contributed by atoms with Crippen molar-refractivity contribution in [2.24, 2.45) is 0 Å². The van der Waals surface area contributed by atoms with Crippen molar-refractivity contribution in [1.29, 1.82) is 0 Å². The van der Waals surface area contributed by atoms with Crippen LogP contribution < -0.4 is 0 Å². The predicted molar refractivity (Wildman–Crippen MR) is 111 cm³/mol. The van der Waals surface area contributed by atoms with Gasteiger partial charge in [0.1, 0.15) is 23.2 Å². The molecule has 1 atom stereocenters. The fourth-order valence-electron chi connectivity index (χ4n) is 4.05. The second-order valence-corrected chi connectivity index (χ2v) is 8.24. The summed E-state index contributed by atoms with van der Waals surface area (Å²) in [5.74, 6) is -0.0574. The van der Waals surface area contributed by atoms with Crippen LogP contribution in [0.5, 0.6) is 0 Å². The van der Waals surface area contributed by atoms with E-state index in [2.05, 4.69) is 15.0 Å². The van der Waals surface area contributed by atoms with Crippen LogP contribution in [0.4, 0.5) is 4.39 Å². The van der Waals surface area contributed by atoms with Gasteiger partial charge in [-0.3, -0.25) is 4.79 Å². The number of amides is 1. The number of imidazole rings is 1. The largest absolute Gasteiger partial charge is 0.458 e. The van der Waals surface area contributed by atoms with Crippen LogP contribution in [0.1, 0.15) is 33.0 Å². The van der Waals surface area contributed by atoms with Gasteiger partial charge in [-0.25, -0.2) is 14.4 Å². The Morgan fingerprint density at radius 3 is 3.00 bits per heavy atom. The Morgan fingerprint density at radius 1 is 1.23 bits per heavy atom. The summed E-state index contributed by atoms with van der Waals surface area (Å²) in [7, 11) is 0. The SMILES string of the molecule is O=C(c1nc2ccccc2s1)N1CCc2[nH]cnc2[C@@H]1c1cc2c(F)cccc2o1. The zero-order valence-electron chi connectivity index (χ0n) is 15.6. The highest BCUT2D eigenvalue weighted by Crippen LogP contribution is 2.38. The molecule has 0 spiro atoms. The molecule has 148 valence electrons. The number of thiazole rings is 1. The van der Waals surface area contributed by atoms with Gasteiger partial charge in [0.2, 0.25) is 0 Å². The zero-order valence-corrected chi connectivity index (χ0v) is 16.4. The molecule has 0 bridgehead atoms. The van der Waals surface area contributed by atoms with E-state index in [4.69, 9.17) is 4.42 Å². The van der Waals surface area contributed by atoms with Crippen molar-refractivity contribution in [2.45, 2.75) is 12.5 Å². The van der Waals surface area contributed by atoms with Gasteiger partial charge >= 0.3 is 0 Å². The van der Waals surface area contributed by atoms with E-state index >= 15 is 0 Å². The Kier molecular flexibility index (Phi) is 3.76. The van der Waals surface area contributed by atoms with Crippen molar-refractivity contribution in [3.05, 3.63) is 82.8 Å². The molecule has 2 aromatic carbocycles. The number of hydrogen-bond donors (Lipinski definition) is 1. The molecule has 30 heavy (non-hydrogen) atoms. The molecule has 6 rings (SSSR count). The average Bonchev–Trinajstić information content (AvgIpc) is 3.49. The fraction of sp³-hybridized carbons (Fsp3) is 0.136. The van der Waals surface area contributed by atoms with Crippen molar-refractivity contribution >= 4 is 38.4 Å². The van der Waals surface area contributed by atoms with Crippen LogP contribution in [0.25, 0.3) is 21.2 Å². The molecule has 0 saturated heterocycles. The van der Waals surface area contributed by atoms with E-state index in [9.17, 15) is 9.18 Å². The molecule has 0 aliphatic carbocycles. The molecular formula is C22H15FN4O2S. The zero-order chi connectivity index (χ0) is 20.2. The van der Waals surface area contributed by atoms with Gasteiger partial charge in [0.25, 0.3) is 5.91 Å².